The molecule has 0 radical (unpaired) electrons. The van der Waals surface area contributed by atoms with Crippen molar-refractivity contribution < 1.29 is 9.53 Å². The first-order valence-corrected chi connectivity index (χ1v) is 10.3. The van der Waals surface area contributed by atoms with E-state index in [4.69, 9.17) is 9.72 Å². The van der Waals surface area contributed by atoms with Crippen molar-refractivity contribution in [1.29, 1.82) is 0 Å². The quantitative estimate of drug-likeness (QED) is 0.677. The average molecular weight is 393 g/mol. The Morgan fingerprint density at radius 1 is 1.28 bits per heavy atom. The van der Waals surface area contributed by atoms with E-state index in [-0.39, 0.29) is 12.1 Å². The number of carbonyl (C=O) groups excluding carboxylic acids is 1. The van der Waals surface area contributed by atoms with Crippen LogP contribution >= 0.6 is 0 Å². The van der Waals surface area contributed by atoms with Gasteiger partial charge >= 0.3 is 6.03 Å². The molecule has 4 rings (SSSR count). The molecule has 1 aliphatic heterocycles. The van der Waals surface area contributed by atoms with Gasteiger partial charge in [0.15, 0.2) is 0 Å². The second-order valence-corrected chi connectivity index (χ2v) is 7.32. The first-order valence-electron chi connectivity index (χ1n) is 10.3. The maximum atomic E-state index is 12.7. The SMILES string of the molecule is CCN1C(=O)NCCCCCOc2nc(cn3ccnc23)-c2cccc(c2)[C@H]1C. The summed E-state index contributed by atoms with van der Waals surface area (Å²) in [4.78, 5) is 23.7. The predicted molar refractivity (Wildman–Crippen MR) is 112 cm³/mol. The molecule has 0 unspecified atom stereocenters. The van der Waals surface area contributed by atoms with Crippen LogP contribution in [0.2, 0.25) is 0 Å². The van der Waals surface area contributed by atoms with Crippen molar-refractivity contribution in [3.8, 4) is 17.1 Å². The van der Waals surface area contributed by atoms with Crippen LogP contribution in [0, 0.1) is 0 Å². The molecule has 3 aromatic rings. The summed E-state index contributed by atoms with van der Waals surface area (Å²) in [5.74, 6) is 0.557. The molecule has 1 aliphatic rings. The fourth-order valence-electron chi connectivity index (χ4n) is 3.74. The smallest absolute Gasteiger partial charge is 0.317 e. The molecule has 1 atom stereocenters. The third kappa shape index (κ3) is 4.04. The maximum Gasteiger partial charge on any atom is 0.317 e. The fourth-order valence-corrected chi connectivity index (χ4v) is 3.74. The van der Waals surface area contributed by atoms with Crippen LogP contribution in [0.3, 0.4) is 0 Å². The van der Waals surface area contributed by atoms with Gasteiger partial charge < -0.3 is 19.4 Å². The average Bonchev–Trinajstić information content (AvgIpc) is 3.21. The third-order valence-corrected chi connectivity index (χ3v) is 5.41. The number of benzene rings is 1. The predicted octanol–water partition coefficient (Wildman–Crippen LogP) is 4.05. The van der Waals surface area contributed by atoms with Gasteiger partial charge in [0.25, 0.3) is 5.88 Å². The van der Waals surface area contributed by atoms with E-state index in [0.717, 1.165) is 41.7 Å². The topological polar surface area (TPSA) is 71.8 Å². The number of amides is 2. The molecule has 3 heterocycles. The summed E-state index contributed by atoms with van der Waals surface area (Å²) in [7, 11) is 0. The van der Waals surface area contributed by atoms with E-state index >= 15 is 0 Å². The lowest BCUT2D eigenvalue weighted by Gasteiger charge is -2.29. The fraction of sp³-hybridized carbons (Fsp3) is 0.409. The minimum absolute atomic E-state index is 0.0195. The number of nitrogens with zero attached hydrogens (tertiary/aromatic N) is 4. The number of aromatic nitrogens is 3. The summed E-state index contributed by atoms with van der Waals surface area (Å²) in [5.41, 5.74) is 3.60. The van der Waals surface area contributed by atoms with Gasteiger partial charge in [0.2, 0.25) is 5.65 Å². The molecule has 1 N–H and O–H groups in total. The van der Waals surface area contributed by atoms with Gasteiger partial charge in [-0.1, -0.05) is 18.2 Å². The zero-order valence-corrected chi connectivity index (χ0v) is 17.0. The van der Waals surface area contributed by atoms with Crippen molar-refractivity contribution in [2.24, 2.45) is 0 Å². The Kier molecular flexibility index (Phi) is 5.64. The highest BCUT2D eigenvalue weighted by atomic mass is 16.5. The van der Waals surface area contributed by atoms with Crippen LogP contribution in [-0.2, 0) is 0 Å². The third-order valence-electron chi connectivity index (χ3n) is 5.41. The standard InChI is InChI=1S/C22H27N5O2/c1-3-27-16(2)17-8-7-9-18(14-17)19-15-26-12-11-23-20(26)21(25-19)29-13-6-4-5-10-24-22(27)28/h7-9,11-12,14-16H,3-6,10,13H2,1-2H3,(H,24,28)/t16-/m1/s1. The molecule has 2 aromatic heterocycles. The number of nitrogens with one attached hydrogen (secondary N) is 1. The molecule has 0 spiro atoms. The van der Waals surface area contributed by atoms with Gasteiger partial charge in [0.1, 0.15) is 0 Å². The summed E-state index contributed by atoms with van der Waals surface area (Å²) >= 11 is 0. The van der Waals surface area contributed by atoms with Crippen LogP contribution in [0.15, 0.2) is 42.9 Å². The summed E-state index contributed by atoms with van der Waals surface area (Å²) in [6.07, 6.45) is 8.42. The van der Waals surface area contributed by atoms with Gasteiger partial charge in [-0.25, -0.2) is 14.8 Å². The summed E-state index contributed by atoms with van der Waals surface area (Å²) in [6.45, 7) is 5.96. The molecule has 0 aliphatic carbocycles. The number of ether oxygens (including phenoxy) is 1. The highest BCUT2D eigenvalue weighted by Gasteiger charge is 2.20. The molecule has 0 fully saturated rings. The Morgan fingerprint density at radius 3 is 3.03 bits per heavy atom. The van der Waals surface area contributed by atoms with Gasteiger partial charge in [0.05, 0.1) is 18.3 Å². The molecule has 152 valence electrons. The number of rotatable bonds is 1. The number of urea groups is 1. The van der Waals surface area contributed by atoms with E-state index in [1.807, 2.05) is 40.8 Å². The Bertz CT molecular complexity index is 1000. The Hall–Kier alpha value is -3.09. The molecule has 7 nitrogen and oxygen atoms in total. The van der Waals surface area contributed by atoms with Crippen LogP contribution in [0.4, 0.5) is 4.79 Å². The molecule has 7 heteroatoms. The highest BCUT2D eigenvalue weighted by Crippen LogP contribution is 2.28. The number of hydrogen-bond acceptors (Lipinski definition) is 4. The normalized spacial score (nSPS) is 18.3. The van der Waals surface area contributed by atoms with Crippen LogP contribution in [0.1, 0.15) is 44.7 Å². The second-order valence-electron chi connectivity index (χ2n) is 7.32. The maximum absolute atomic E-state index is 12.7. The lowest BCUT2D eigenvalue weighted by molar-refractivity contribution is 0.182. The van der Waals surface area contributed by atoms with E-state index in [1.165, 1.54) is 0 Å². The lowest BCUT2D eigenvalue weighted by atomic mass is 10.0. The largest absolute Gasteiger partial charge is 0.475 e. The van der Waals surface area contributed by atoms with Crippen LogP contribution in [0.25, 0.3) is 16.9 Å². The zero-order chi connectivity index (χ0) is 20.2. The lowest BCUT2D eigenvalue weighted by Crippen LogP contribution is -2.41. The van der Waals surface area contributed by atoms with Crippen LogP contribution in [-0.4, -0.2) is 45.0 Å². The van der Waals surface area contributed by atoms with Gasteiger partial charge in [0, 0.05) is 37.2 Å². The number of hydrogen-bond donors (Lipinski definition) is 1. The van der Waals surface area contributed by atoms with E-state index in [9.17, 15) is 4.79 Å². The first-order chi connectivity index (χ1) is 14.2. The summed E-state index contributed by atoms with van der Waals surface area (Å²) in [6, 6.07) is 8.14. The Labute approximate surface area is 170 Å². The minimum atomic E-state index is -0.0412. The molecule has 2 amide bonds. The molecule has 0 saturated carbocycles. The van der Waals surface area contributed by atoms with Crippen molar-refractivity contribution in [3.63, 3.8) is 0 Å². The molecule has 4 bridgehead atoms. The van der Waals surface area contributed by atoms with Gasteiger partial charge in [-0.05, 0) is 44.7 Å². The van der Waals surface area contributed by atoms with Crippen LogP contribution in [0.5, 0.6) is 5.88 Å². The monoisotopic (exact) mass is 393 g/mol. The molecule has 0 saturated heterocycles. The zero-order valence-electron chi connectivity index (χ0n) is 17.0. The van der Waals surface area contributed by atoms with Gasteiger partial charge in [-0.15, -0.1) is 0 Å². The van der Waals surface area contributed by atoms with E-state index in [2.05, 4.69) is 29.4 Å². The van der Waals surface area contributed by atoms with Crippen molar-refractivity contribution in [1.82, 2.24) is 24.6 Å². The second kappa shape index (κ2) is 8.51. The summed E-state index contributed by atoms with van der Waals surface area (Å²) < 4.78 is 7.92. The Balaban J connectivity index is 1.77. The summed E-state index contributed by atoms with van der Waals surface area (Å²) in [5, 5.41) is 3.05. The minimum Gasteiger partial charge on any atom is -0.475 e. The molecular formula is C22H27N5O2. The van der Waals surface area contributed by atoms with Crippen molar-refractivity contribution in [2.45, 2.75) is 39.2 Å². The van der Waals surface area contributed by atoms with Crippen molar-refractivity contribution in [3.05, 3.63) is 48.4 Å². The van der Waals surface area contributed by atoms with Crippen molar-refractivity contribution >= 4 is 11.7 Å². The highest BCUT2D eigenvalue weighted by molar-refractivity contribution is 5.75. The van der Waals surface area contributed by atoms with E-state index in [0.29, 0.717) is 25.6 Å². The van der Waals surface area contributed by atoms with Crippen LogP contribution < -0.4 is 10.1 Å². The van der Waals surface area contributed by atoms with E-state index in [1.54, 1.807) is 6.20 Å². The Morgan fingerprint density at radius 2 is 2.17 bits per heavy atom. The van der Waals surface area contributed by atoms with E-state index < -0.39 is 0 Å². The first kappa shape index (κ1) is 19.2. The number of carbonyl (C=O) groups is 1. The molecular weight excluding hydrogens is 366 g/mol. The molecule has 29 heavy (non-hydrogen) atoms. The van der Waals surface area contributed by atoms with Crippen molar-refractivity contribution in [2.75, 3.05) is 19.7 Å². The number of fused-ring (bicyclic) bond motifs is 7. The number of imidazole rings is 1. The van der Waals surface area contributed by atoms with Gasteiger partial charge in [-0.3, -0.25) is 0 Å². The molecule has 1 aromatic carbocycles. The van der Waals surface area contributed by atoms with Gasteiger partial charge in [-0.2, -0.15) is 0 Å².